The summed E-state index contributed by atoms with van der Waals surface area (Å²) in [6, 6.07) is 14.6. The van der Waals surface area contributed by atoms with E-state index in [-0.39, 0.29) is 18.2 Å². The average Bonchev–Trinajstić information content (AvgIpc) is 3.04. The quantitative estimate of drug-likeness (QED) is 0.662. The number of aliphatic hydroxyl groups is 1. The largest absolute Gasteiger partial charge is 0.459 e. The lowest BCUT2D eigenvalue weighted by atomic mass is 10.1. The highest BCUT2D eigenvalue weighted by atomic mass is 19.1. The van der Waals surface area contributed by atoms with Crippen LogP contribution in [0.5, 0.6) is 0 Å². The van der Waals surface area contributed by atoms with Crippen molar-refractivity contribution in [3.63, 3.8) is 0 Å². The molecule has 0 aliphatic rings. The van der Waals surface area contributed by atoms with Gasteiger partial charge >= 0.3 is 6.03 Å². The van der Waals surface area contributed by atoms with Gasteiger partial charge in [-0.2, -0.15) is 0 Å². The molecule has 3 aromatic rings. The molecule has 1 aromatic heterocycles. The molecule has 25 heavy (non-hydrogen) atoms. The second-order valence-electron chi connectivity index (χ2n) is 5.80. The van der Waals surface area contributed by atoms with Crippen LogP contribution in [0, 0.1) is 5.82 Å². The Morgan fingerprint density at radius 1 is 1.20 bits per heavy atom. The number of hydrogen-bond acceptors (Lipinski definition) is 3. The minimum absolute atomic E-state index is 0.0976. The molecule has 0 radical (unpaired) electrons. The molecule has 0 saturated heterocycles. The summed E-state index contributed by atoms with van der Waals surface area (Å²) in [5, 5.41) is 16.2. The Morgan fingerprint density at radius 3 is 2.68 bits per heavy atom. The second kappa shape index (κ2) is 7.36. The van der Waals surface area contributed by atoms with Gasteiger partial charge in [0, 0.05) is 17.5 Å². The van der Waals surface area contributed by atoms with Crippen molar-refractivity contribution in [2.45, 2.75) is 19.1 Å². The molecular weight excluding hydrogens is 323 g/mol. The highest BCUT2D eigenvalue weighted by molar-refractivity contribution is 5.78. The number of fused-ring (bicyclic) bond motifs is 1. The molecule has 0 aliphatic carbocycles. The third-order valence-electron chi connectivity index (χ3n) is 3.94. The maximum atomic E-state index is 13.6. The monoisotopic (exact) mass is 342 g/mol. The molecule has 2 unspecified atom stereocenters. The Kier molecular flexibility index (Phi) is 5.00. The van der Waals surface area contributed by atoms with Crippen LogP contribution in [0.1, 0.15) is 30.4 Å². The summed E-state index contributed by atoms with van der Waals surface area (Å²) >= 11 is 0. The Balaban J connectivity index is 1.56. The topological polar surface area (TPSA) is 74.5 Å². The number of para-hydroxylation sites is 1. The number of amides is 2. The maximum Gasteiger partial charge on any atom is 0.315 e. The molecule has 3 N–H and O–H groups in total. The van der Waals surface area contributed by atoms with Crippen molar-refractivity contribution in [3.05, 3.63) is 71.7 Å². The molecule has 3 rings (SSSR count). The van der Waals surface area contributed by atoms with Crippen LogP contribution < -0.4 is 10.6 Å². The van der Waals surface area contributed by atoms with Crippen LogP contribution in [0.25, 0.3) is 11.0 Å². The van der Waals surface area contributed by atoms with Crippen LogP contribution in [0.15, 0.2) is 59.0 Å². The van der Waals surface area contributed by atoms with Gasteiger partial charge < -0.3 is 20.2 Å². The van der Waals surface area contributed by atoms with Gasteiger partial charge in [-0.1, -0.05) is 36.4 Å². The average molecular weight is 342 g/mol. The number of halogens is 1. The number of hydrogen-bond donors (Lipinski definition) is 3. The molecule has 6 heteroatoms. The Hall–Kier alpha value is -2.86. The minimum Gasteiger partial charge on any atom is -0.459 e. The summed E-state index contributed by atoms with van der Waals surface area (Å²) in [6.45, 7) is 1.70. The van der Waals surface area contributed by atoms with Gasteiger partial charge in [-0.05, 0) is 25.1 Å². The minimum atomic E-state index is -1.12. The first-order valence-electron chi connectivity index (χ1n) is 8.00. The molecular formula is C19H19FN2O3. The van der Waals surface area contributed by atoms with E-state index in [1.165, 1.54) is 12.1 Å². The molecule has 5 nitrogen and oxygen atoms in total. The van der Waals surface area contributed by atoms with Gasteiger partial charge in [0.25, 0.3) is 0 Å². The smallest absolute Gasteiger partial charge is 0.315 e. The number of rotatable bonds is 5. The van der Waals surface area contributed by atoms with Crippen molar-refractivity contribution in [1.29, 1.82) is 0 Å². The summed E-state index contributed by atoms with van der Waals surface area (Å²) in [7, 11) is 0. The van der Waals surface area contributed by atoms with Gasteiger partial charge in [0.05, 0.1) is 12.1 Å². The van der Waals surface area contributed by atoms with Gasteiger partial charge in [-0.3, -0.25) is 0 Å². The zero-order valence-corrected chi connectivity index (χ0v) is 13.7. The number of furan rings is 1. The van der Waals surface area contributed by atoms with Crippen LogP contribution in [0.2, 0.25) is 0 Å². The van der Waals surface area contributed by atoms with Gasteiger partial charge in [0.2, 0.25) is 0 Å². The molecule has 0 spiro atoms. The van der Waals surface area contributed by atoms with E-state index in [0.717, 1.165) is 11.0 Å². The van der Waals surface area contributed by atoms with Crippen LogP contribution >= 0.6 is 0 Å². The lowest BCUT2D eigenvalue weighted by molar-refractivity contribution is 0.168. The number of urea groups is 1. The number of benzene rings is 2. The van der Waals surface area contributed by atoms with Crippen molar-refractivity contribution < 1.29 is 18.7 Å². The van der Waals surface area contributed by atoms with E-state index in [2.05, 4.69) is 10.6 Å². The molecule has 2 amide bonds. The van der Waals surface area contributed by atoms with Crippen molar-refractivity contribution >= 4 is 17.0 Å². The van der Waals surface area contributed by atoms with E-state index in [1.807, 2.05) is 30.3 Å². The van der Waals surface area contributed by atoms with Crippen LogP contribution in [0.3, 0.4) is 0 Å². The molecule has 0 saturated carbocycles. The molecule has 0 fully saturated rings. The second-order valence-corrected chi connectivity index (χ2v) is 5.80. The third kappa shape index (κ3) is 3.97. The van der Waals surface area contributed by atoms with E-state index in [9.17, 15) is 14.3 Å². The molecule has 130 valence electrons. The summed E-state index contributed by atoms with van der Waals surface area (Å²) in [5.74, 6) is 0.124. The fraction of sp³-hybridized carbons (Fsp3) is 0.211. The van der Waals surface area contributed by atoms with Gasteiger partial charge in [0.15, 0.2) is 0 Å². The first-order valence-corrected chi connectivity index (χ1v) is 8.00. The third-order valence-corrected chi connectivity index (χ3v) is 3.94. The van der Waals surface area contributed by atoms with Gasteiger partial charge in [-0.15, -0.1) is 0 Å². The molecule has 1 heterocycles. The first kappa shape index (κ1) is 17.0. The van der Waals surface area contributed by atoms with Crippen molar-refractivity contribution in [2.24, 2.45) is 0 Å². The van der Waals surface area contributed by atoms with E-state index in [0.29, 0.717) is 5.76 Å². The van der Waals surface area contributed by atoms with Crippen LogP contribution in [-0.4, -0.2) is 17.7 Å². The first-order chi connectivity index (χ1) is 12.0. The Labute approximate surface area is 144 Å². The lowest BCUT2D eigenvalue weighted by Crippen LogP contribution is -2.39. The standard InChI is InChI=1S/C19H19FN2O3/c1-12(18-10-13-6-2-5-9-17(13)25-18)22-19(24)21-11-16(23)14-7-3-4-8-15(14)20/h2-10,12,16,23H,11H2,1H3,(H2,21,22,24). The molecule has 2 aromatic carbocycles. The van der Waals surface area contributed by atoms with Crippen molar-refractivity contribution in [1.82, 2.24) is 10.6 Å². The zero-order chi connectivity index (χ0) is 17.8. The van der Waals surface area contributed by atoms with Crippen LogP contribution in [-0.2, 0) is 0 Å². The van der Waals surface area contributed by atoms with E-state index in [4.69, 9.17) is 4.42 Å². The SMILES string of the molecule is CC(NC(=O)NCC(O)c1ccccc1F)c1cc2ccccc2o1. The number of carbonyl (C=O) groups is 1. The van der Waals surface area contributed by atoms with Crippen LogP contribution in [0.4, 0.5) is 9.18 Å². The molecule has 0 bridgehead atoms. The predicted molar refractivity (Wildman–Crippen MR) is 92.5 cm³/mol. The van der Waals surface area contributed by atoms with E-state index < -0.39 is 18.0 Å². The van der Waals surface area contributed by atoms with E-state index in [1.54, 1.807) is 19.1 Å². The maximum absolute atomic E-state index is 13.6. The summed E-state index contributed by atoms with van der Waals surface area (Å²) in [5.41, 5.74) is 0.898. The zero-order valence-electron chi connectivity index (χ0n) is 13.7. The predicted octanol–water partition coefficient (Wildman–Crippen LogP) is 3.67. The fourth-order valence-electron chi connectivity index (χ4n) is 2.58. The summed E-state index contributed by atoms with van der Waals surface area (Å²) < 4.78 is 19.3. The summed E-state index contributed by atoms with van der Waals surface area (Å²) in [4.78, 5) is 12.0. The summed E-state index contributed by atoms with van der Waals surface area (Å²) in [6.07, 6.45) is -1.12. The number of carbonyl (C=O) groups excluding carboxylic acids is 1. The Morgan fingerprint density at radius 2 is 1.92 bits per heavy atom. The highest BCUT2D eigenvalue weighted by Gasteiger charge is 2.16. The van der Waals surface area contributed by atoms with Crippen molar-refractivity contribution in [2.75, 3.05) is 6.54 Å². The highest BCUT2D eigenvalue weighted by Crippen LogP contribution is 2.23. The van der Waals surface area contributed by atoms with Crippen molar-refractivity contribution in [3.8, 4) is 0 Å². The van der Waals surface area contributed by atoms with Gasteiger partial charge in [-0.25, -0.2) is 9.18 Å². The number of aliphatic hydroxyl groups excluding tert-OH is 1. The fourth-order valence-corrected chi connectivity index (χ4v) is 2.58. The normalized spacial score (nSPS) is 13.4. The van der Waals surface area contributed by atoms with E-state index >= 15 is 0 Å². The van der Waals surface area contributed by atoms with Gasteiger partial charge in [0.1, 0.15) is 17.2 Å². The molecule has 2 atom stereocenters. The lowest BCUT2D eigenvalue weighted by Gasteiger charge is -2.15. The molecule has 0 aliphatic heterocycles. The Bertz CT molecular complexity index is 845. The number of nitrogens with one attached hydrogen (secondary N) is 2.